The number of piperidine rings is 1. The summed E-state index contributed by atoms with van der Waals surface area (Å²) in [7, 11) is 2.09. The quantitative estimate of drug-likeness (QED) is 0.256. The smallest absolute Gasteiger partial charge is 0.227 e. The first kappa shape index (κ1) is 26.6. The lowest BCUT2D eigenvalue weighted by molar-refractivity contribution is -0.121. The van der Waals surface area contributed by atoms with Gasteiger partial charge in [-0.3, -0.25) is 19.8 Å². The fraction of sp³-hybridized carbons (Fsp3) is 0.400. The highest BCUT2D eigenvalue weighted by atomic mass is 16.5. The number of aromatic amines is 2. The minimum absolute atomic E-state index is 0.0202. The number of ether oxygens (including phenoxy) is 1. The molecule has 12 heteroatoms. The highest BCUT2D eigenvalue weighted by Gasteiger charge is 2.23. The molecule has 12 nitrogen and oxygen atoms in total. The Morgan fingerprint density at radius 1 is 1.05 bits per heavy atom. The van der Waals surface area contributed by atoms with E-state index in [0.717, 1.165) is 72.3 Å². The van der Waals surface area contributed by atoms with E-state index >= 15 is 0 Å². The molecule has 42 heavy (non-hydrogen) atoms. The molecule has 1 amide bonds. The van der Waals surface area contributed by atoms with Crippen molar-refractivity contribution in [2.75, 3.05) is 45.3 Å². The molecule has 0 spiro atoms. The minimum atomic E-state index is 0.0202. The SMILES string of the molecule is CN1CCC(C(=O)Nc2cncc(-c3cnc4n[nH]c(-c5nc6nccc(COCN7CCCC7)c6[nH]5)c4c3)c2)CC1. The van der Waals surface area contributed by atoms with Crippen LogP contribution < -0.4 is 5.32 Å². The van der Waals surface area contributed by atoms with Crippen molar-refractivity contribution in [3.63, 3.8) is 0 Å². The third kappa shape index (κ3) is 5.48. The van der Waals surface area contributed by atoms with Gasteiger partial charge in [-0.1, -0.05) is 0 Å². The molecule has 0 aliphatic carbocycles. The summed E-state index contributed by atoms with van der Waals surface area (Å²) in [5.74, 6) is 0.696. The summed E-state index contributed by atoms with van der Waals surface area (Å²) in [5, 5.41) is 11.4. The van der Waals surface area contributed by atoms with Crippen molar-refractivity contribution in [3.8, 4) is 22.6 Å². The first-order valence-corrected chi connectivity index (χ1v) is 14.5. The number of aromatic nitrogens is 7. The Balaban J connectivity index is 1.12. The van der Waals surface area contributed by atoms with Gasteiger partial charge >= 0.3 is 0 Å². The van der Waals surface area contributed by atoms with Gasteiger partial charge in [-0.2, -0.15) is 5.10 Å². The van der Waals surface area contributed by atoms with Crippen LogP contribution in [0.25, 0.3) is 44.8 Å². The molecule has 0 unspecified atom stereocenters. The zero-order chi connectivity index (χ0) is 28.5. The van der Waals surface area contributed by atoms with Crippen molar-refractivity contribution in [2.24, 2.45) is 5.92 Å². The third-order valence-electron chi connectivity index (χ3n) is 8.28. The summed E-state index contributed by atoms with van der Waals surface area (Å²) in [5.41, 5.74) is 6.16. The summed E-state index contributed by atoms with van der Waals surface area (Å²) in [4.78, 5) is 39.1. The van der Waals surface area contributed by atoms with Gasteiger partial charge in [0.25, 0.3) is 0 Å². The molecular weight excluding hydrogens is 532 g/mol. The minimum Gasteiger partial charge on any atom is -0.361 e. The molecule has 7 heterocycles. The zero-order valence-electron chi connectivity index (χ0n) is 23.6. The number of pyridine rings is 3. The second kappa shape index (κ2) is 11.6. The number of rotatable bonds is 8. The molecule has 5 aromatic heterocycles. The van der Waals surface area contributed by atoms with Gasteiger partial charge in [0.1, 0.15) is 5.69 Å². The second-order valence-electron chi connectivity index (χ2n) is 11.3. The van der Waals surface area contributed by atoms with Crippen molar-refractivity contribution in [3.05, 3.63) is 48.5 Å². The number of H-pyrrole nitrogens is 2. The van der Waals surface area contributed by atoms with Gasteiger partial charge in [-0.05, 0) is 64.0 Å². The number of amides is 1. The maximum atomic E-state index is 12.9. The normalized spacial score (nSPS) is 17.0. The fourth-order valence-electron chi connectivity index (χ4n) is 5.82. The van der Waals surface area contributed by atoms with Crippen molar-refractivity contribution in [2.45, 2.75) is 32.3 Å². The summed E-state index contributed by atoms with van der Waals surface area (Å²) < 4.78 is 6.01. The molecule has 2 saturated heterocycles. The number of hydrogen-bond acceptors (Lipinski definition) is 9. The van der Waals surface area contributed by atoms with Crippen LogP contribution in [0.3, 0.4) is 0 Å². The van der Waals surface area contributed by atoms with E-state index in [9.17, 15) is 4.79 Å². The average Bonchev–Trinajstić information content (AvgIpc) is 3.77. The van der Waals surface area contributed by atoms with Crippen LogP contribution in [0.15, 0.2) is 43.0 Å². The van der Waals surface area contributed by atoms with Gasteiger partial charge in [0.05, 0.1) is 36.1 Å². The molecule has 0 radical (unpaired) electrons. The highest BCUT2D eigenvalue weighted by Crippen LogP contribution is 2.30. The Morgan fingerprint density at radius 3 is 2.74 bits per heavy atom. The lowest BCUT2D eigenvalue weighted by Crippen LogP contribution is -2.35. The standard InChI is InChI=1S/C30H34N10O2/c1-39-10-5-19(6-11-39)30(41)34-23-12-21(14-31-16-23)22-13-24-26(37-38-27(24)33-15-22)29-35-25-20(4-7-32-28(25)36-29)17-42-18-40-8-2-3-9-40/h4,7,12-16,19H,2-3,5-6,8-11,17-18H2,1H3,(H,34,41)(H,32,35,36)(H,33,37,38). The summed E-state index contributed by atoms with van der Waals surface area (Å²) >= 11 is 0. The van der Waals surface area contributed by atoms with Crippen LogP contribution in [0, 0.1) is 5.92 Å². The van der Waals surface area contributed by atoms with Crippen LogP contribution in [0.1, 0.15) is 31.2 Å². The summed E-state index contributed by atoms with van der Waals surface area (Å²) in [6.45, 7) is 5.16. The molecule has 0 saturated carbocycles. The summed E-state index contributed by atoms with van der Waals surface area (Å²) in [6, 6.07) is 5.91. The fourth-order valence-corrected chi connectivity index (χ4v) is 5.82. The van der Waals surface area contributed by atoms with E-state index < -0.39 is 0 Å². The van der Waals surface area contributed by atoms with E-state index in [4.69, 9.17) is 9.72 Å². The van der Waals surface area contributed by atoms with E-state index in [2.05, 4.69) is 52.3 Å². The maximum Gasteiger partial charge on any atom is 0.227 e. The average molecular weight is 567 g/mol. The van der Waals surface area contributed by atoms with Crippen LogP contribution >= 0.6 is 0 Å². The van der Waals surface area contributed by atoms with Crippen molar-refractivity contribution >= 4 is 33.8 Å². The Morgan fingerprint density at radius 2 is 1.88 bits per heavy atom. The molecule has 0 aromatic carbocycles. The van der Waals surface area contributed by atoms with Crippen molar-refractivity contribution < 1.29 is 9.53 Å². The van der Waals surface area contributed by atoms with Gasteiger partial charge in [0.15, 0.2) is 17.1 Å². The number of nitrogens with one attached hydrogen (secondary N) is 3. The Hall–Kier alpha value is -4.26. The monoisotopic (exact) mass is 566 g/mol. The van der Waals surface area contributed by atoms with Gasteiger partial charge in [-0.15, -0.1) is 0 Å². The maximum absolute atomic E-state index is 12.9. The molecule has 0 atom stereocenters. The molecule has 5 aromatic rings. The molecule has 3 N–H and O–H groups in total. The van der Waals surface area contributed by atoms with E-state index in [1.165, 1.54) is 12.8 Å². The summed E-state index contributed by atoms with van der Waals surface area (Å²) in [6.07, 6.45) is 11.2. The predicted molar refractivity (Wildman–Crippen MR) is 159 cm³/mol. The number of nitrogens with zero attached hydrogens (tertiary/aromatic N) is 7. The first-order valence-electron chi connectivity index (χ1n) is 14.5. The first-order chi connectivity index (χ1) is 20.6. The van der Waals surface area contributed by atoms with Crippen molar-refractivity contribution in [1.29, 1.82) is 0 Å². The number of anilines is 1. The second-order valence-corrected chi connectivity index (χ2v) is 11.3. The number of hydrogen-bond donors (Lipinski definition) is 3. The molecule has 2 aliphatic heterocycles. The molecule has 0 bridgehead atoms. The van der Waals surface area contributed by atoms with Crippen LogP contribution in [0.4, 0.5) is 5.69 Å². The topological polar surface area (TPSA) is 141 Å². The van der Waals surface area contributed by atoms with E-state index in [1.807, 2.05) is 18.2 Å². The number of likely N-dealkylation sites (tertiary alicyclic amines) is 2. The van der Waals surface area contributed by atoms with Gasteiger partial charge in [0.2, 0.25) is 5.91 Å². The van der Waals surface area contributed by atoms with Crippen molar-refractivity contribution in [1.82, 2.24) is 44.9 Å². The number of imidazole rings is 1. The van der Waals surface area contributed by atoms with Gasteiger partial charge in [-0.25, -0.2) is 15.0 Å². The largest absolute Gasteiger partial charge is 0.361 e. The van der Waals surface area contributed by atoms with Crippen LogP contribution in [0.5, 0.6) is 0 Å². The van der Waals surface area contributed by atoms with Gasteiger partial charge < -0.3 is 19.9 Å². The molecular formula is C30H34N10O2. The van der Waals surface area contributed by atoms with Crippen LogP contribution in [-0.2, 0) is 16.1 Å². The molecule has 2 aliphatic rings. The zero-order valence-corrected chi connectivity index (χ0v) is 23.6. The molecule has 2 fully saturated rings. The van der Waals surface area contributed by atoms with Crippen LogP contribution in [-0.4, -0.2) is 90.8 Å². The third-order valence-corrected chi connectivity index (χ3v) is 8.28. The predicted octanol–water partition coefficient (Wildman–Crippen LogP) is 3.81. The van der Waals surface area contributed by atoms with Gasteiger partial charge in [0, 0.05) is 54.3 Å². The Bertz CT molecular complexity index is 1720. The number of fused-ring (bicyclic) bond motifs is 2. The van der Waals surface area contributed by atoms with E-state index in [-0.39, 0.29) is 11.8 Å². The number of carbonyl (C=O) groups excluding carboxylic acids is 1. The van der Waals surface area contributed by atoms with Crippen LogP contribution in [0.2, 0.25) is 0 Å². The molecule has 7 rings (SSSR count). The Labute approximate surface area is 242 Å². The highest BCUT2D eigenvalue weighted by molar-refractivity contribution is 5.95. The number of carbonyl (C=O) groups is 1. The lowest BCUT2D eigenvalue weighted by atomic mass is 9.96. The molecule has 216 valence electrons. The Kier molecular flexibility index (Phi) is 7.32. The lowest BCUT2D eigenvalue weighted by Gasteiger charge is -2.28. The van der Waals surface area contributed by atoms with E-state index in [0.29, 0.717) is 36.1 Å². The van der Waals surface area contributed by atoms with E-state index in [1.54, 1.807) is 24.8 Å².